The topological polar surface area (TPSA) is 158 Å². The first-order valence-corrected chi connectivity index (χ1v) is 11.3. The van der Waals surface area contributed by atoms with Gasteiger partial charge < -0.3 is 20.6 Å². The van der Waals surface area contributed by atoms with Crippen LogP contribution in [-0.4, -0.2) is 47.1 Å². The number of nitrogens with zero attached hydrogens (tertiary/aromatic N) is 6. The summed E-state index contributed by atoms with van der Waals surface area (Å²) in [4.78, 5) is 26.5. The maximum atomic E-state index is 14.6. The van der Waals surface area contributed by atoms with Crippen LogP contribution in [0.4, 0.5) is 16.0 Å². The molecule has 13 heteroatoms. The third-order valence-electron chi connectivity index (χ3n) is 6.11. The van der Waals surface area contributed by atoms with E-state index in [9.17, 15) is 14.3 Å². The zero-order valence-electron chi connectivity index (χ0n) is 18.9. The molecule has 1 aromatic carbocycles. The summed E-state index contributed by atoms with van der Waals surface area (Å²) in [7, 11) is 0. The molecule has 3 aromatic heterocycles. The van der Waals surface area contributed by atoms with Crippen molar-refractivity contribution in [3.8, 4) is 11.5 Å². The van der Waals surface area contributed by atoms with Gasteiger partial charge in [-0.2, -0.15) is 0 Å². The third kappa shape index (κ3) is 3.98. The van der Waals surface area contributed by atoms with Gasteiger partial charge in [0, 0.05) is 25.8 Å². The van der Waals surface area contributed by atoms with Crippen LogP contribution in [-0.2, 0) is 0 Å². The molecule has 1 aliphatic carbocycles. The van der Waals surface area contributed by atoms with E-state index in [0.717, 1.165) is 0 Å². The summed E-state index contributed by atoms with van der Waals surface area (Å²) in [5.74, 6) is 1.24. The van der Waals surface area contributed by atoms with Crippen LogP contribution in [0.2, 0.25) is 5.02 Å². The first-order chi connectivity index (χ1) is 16.7. The summed E-state index contributed by atoms with van der Waals surface area (Å²) in [5, 5.41) is 20.9. The van der Waals surface area contributed by atoms with Crippen LogP contribution in [0.3, 0.4) is 0 Å². The maximum Gasteiger partial charge on any atom is 0.263 e. The molecule has 1 atom stereocenters. The van der Waals surface area contributed by atoms with Gasteiger partial charge in [-0.25, -0.2) is 19.3 Å². The van der Waals surface area contributed by atoms with Gasteiger partial charge >= 0.3 is 0 Å². The number of nitrogen functional groups attached to an aromatic ring is 1. The molecule has 0 spiro atoms. The van der Waals surface area contributed by atoms with Crippen LogP contribution < -0.4 is 16.6 Å². The maximum absolute atomic E-state index is 14.6. The predicted molar refractivity (Wildman–Crippen MR) is 127 cm³/mol. The molecule has 11 nitrogen and oxygen atoms in total. The molecule has 182 valence electrons. The lowest BCUT2D eigenvalue weighted by Gasteiger charge is -2.42. The standard InChI is InChI=1S/C22H22ClFN8O3/c1-10(28-18-16(17(25)26-9-27-18)20-31-30-11(2)35-20)19-29-14-5-3-4-13(23)15(14)21(34)32(19)12-6-22(24,7-12)8-33/h3-5,9-10,12,33H,6-8H2,1-2H3,(H3,25,26,27,28)/t10-,12?,22?/m0/s1. The number of nitrogens with two attached hydrogens (primary N) is 1. The van der Waals surface area contributed by atoms with Crippen LogP contribution in [0.5, 0.6) is 0 Å². The molecule has 1 saturated carbocycles. The molecule has 3 heterocycles. The summed E-state index contributed by atoms with van der Waals surface area (Å²) in [6.07, 6.45) is 1.24. The molecule has 1 fully saturated rings. The summed E-state index contributed by atoms with van der Waals surface area (Å²) < 4.78 is 21.5. The Kier molecular flexibility index (Phi) is 5.64. The molecule has 0 unspecified atom stereocenters. The monoisotopic (exact) mass is 500 g/mol. The van der Waals surface area contributed by atoms with Gasteiger partial charge in [0.1, 0.15) is 35.0 Å². The molecule has 0 aliphatic heterocycles. The van der Waals surface area contributed by atoms with E-state index in [2.05, 4.69) is 25.5 Å². The van der Waals surface area contributed by atoms with Gasteiger partial charge in [0.15, 0.2) is 0 Å². The highest BCUT2D eigenvalue weighted by Crippen LogP contribution is 2.44. The Morgan fingerprint density at radius 2 is 2.14 bits per heavy atom. The number of alkyl halides is 1. The number of aliphatic hydroxyl groups excluding tert-OH is 1. The predicted octanol–water partition coefficient (Wildman–Crippen LogP) is 2.99. The second kappa shape index (κ2) is 8.54. The zero-order valence-corrected chi connectivity index (χ0v) is 19.6. The Bertz CT molecular complexity index is 1480. The Hall–Kier alpha value is -3.64. The Labute approximate surface area is 203 Å². The van der Waals surface area contributed by atoms with E-state index in [-0.39, 0.29) is 40.5 Å². The molecular formula is C22H22ClFN8O3. The van der Waals surface area contributed by atoms with Gasteiger partial charge in [0.05, 0.1) is 28.6 Å². The average molecular weight is 501 g/mol. The van der Waals surface area contributed by atoms with Gasteiger partial charge in [-0.1, -0.05) is 17.7 Å². The molecule has 0 saturated heterocycles. The Morgan fingerprint density at radius 1 is 1.37 bits per heavy atom. The number of hydrogen-bond acceptors (Lipinski definition) is 10. The summed E-state index contributed by atoms with van der Waals surface area (Å²) in [5.41, 5.74) is 4.67. The number of hydrogen-bond donors (Lipinski definition) is 3. The number of fused-ring (bicyclic) bond motifs is 1. The van der Waals surface area contributed by atoms with Crippen LogP contribution in [0.15, 0.2) is 33.7 Å². The van der Waals surface area contributed by atoms with Gasteiger partial charge in [0.25, 0.3) is 11.4 Å². The fourth-order valence-corrected chi connectivity index (χ4v) is 4.61. The zero-order chi connectivity index (χ0) is 24.9. The normalized spacial score (nSPS) is 20.5. The molecule has 4 N–H and O–H groups in total. The van der Waals surface area contributed by atoms with Crippen molar-refractivity contribution in [2.24, 2.45) is 0 Å². The minimum atomic E-state index is -1.74. The molecule has 4 aromatic rings. The number of aliphatic hydroxyl groups is 1. The van der Waals surface area contributed by atoms with Gasteiger partial charge in [-0.05, 0) is 19.1 Å². The van der Waals surface area contributed by atoms with E-state index in [1.807, 2.05) is 0 Å². The highest BCUT2D eigenvalue weighted by Gasteiger charge is 2.46. The fraction of sp³-hybridized carbons (Fsp3) is 0.364. The minimum Gasteiger partial charge on any atom is -0.421 e. The molecule has 5 rings (SSSR count). The minimum absolute atomic E-state index is 0.0201. The van der Waals surface area contributed by atoms with Crippen molar-refractivity contribution < 1.29 is 13.9 Å². The number of halogens is 2. The smallest absolute Gasteiger partial charge is 0.263 e. The van der Waals surface area contributed by atoms with E-state index in [4.69, 9.17) is 26.7 Å². The molecule has 0 radical (unpaired) electrons. The lowest BCUT2D eigenvalue weighted by molar-refractivity contribution is -0.0353. The van der Waals surface area contributed by atoms with Gasteiger partial charge in [-0.3, -0.25) is 9.36 Å². The Morgan fingerprint density at radius 3 is 2.83 bits per heavy atom. The lowest BCUT2D eigenvalue weighted by Crippen LogP contribution is -2.48. The summed E-state index contributed by atoms with van der Waals surface area (Å²) in [6.45, 7) is 2.81. The van der Waals surface area contributed by atoms with Crippen molar-refractivity contribution in [1.29, 1.82) is 0 Å². The third-order valence-corrected chi connectivity index (χ3v) is 6.43. The second-order valence-electron chi connectivity index (χ2n) is 8.62. The number of benzene rings is 1. The number of nitrogens with one attached hydrogen (secondary N) is 1. The van der Waals surface area contributed by atoms with Crippen molar-refractivity contribution in [1.82, 2.24) is 29.7 Å². The first-order valence-electron chi connectivity index (χ1n) is 10.9. The van der Waals surface area contributed by atoms with Gasteiger partial charge in [0.2, 0.25) is 5.89 Å². The summed E-state index contributed by atoms with van der Waals surface area (Å²) in [6, 6.07) is 3.90. The quantitative estimate of drug-likeness (QED) is 0.359. The van der Waals surface area contributed by atoms with Crippen molar-refractivity contribution >= 4 is 34.1 Å². The van der Waals surface area contributed by atoms with Crippen LogP contribution in [0, 0.1) is 6.92 Å². The number of anilines is 2. The van der Waals surface area contributed by atoms with Crippen LogP contribution in [0.1, 0.15) is 43.6 Å². The molecule has 0 amide bonds. The van der Waals surface area contributed by atoms with Gasteiger partial charge in [-0.15, -0.1) is 10.2 Å². The van der Waals surface area contributed by atoms with E-state index < -0.39 is 24.4 Å². The lowest BCUT2D eigenvalue weighted by atomic mass is 9.77. The highest BCUT2D eigenvalue weighted by atomic mass is 35.5. The number of aromatic nitrogens is 6. The van der Waals surface area contributed by atoms with E-state index in [1.165, 1.54) is 10.9 Å². The second-order valence-corrected chi connectivity index (χ2v) is 9.03. The van der Waals surface area contributed by atoms with Crippen molar-refractivity contribution in [3.05, 3.63) is 51.6 Å². The summed E-state index contributed by atoms with van der Waals surface area (Å²) >= 11 is 6.32. The SMILES string of the molecule is Cc1nnc(-c2c(N)ncnc2N[C@@H](C)c2nc3cccc(Cl)c3c(=O)n2C2CC(F)(CO)C2)o1. The van der Waals surface area contributed by atoms with Crippen molar-refractivity contribution in [3.63, 3.8) is 0 Å². The molecule has 1 aliphatic rings. The van der Waals surface area contributed by atoms with E-state index >= 15 is 0 Å². The number of rotatable bonds is 6. The number of aryl methyl sites for hydroxylation is 1. The molecule has 0 bridgehead atoms. The van der Waals surface area contributed by atoms with E-state index in [1.54, 1.807) is 32.0 Å². The highest BCUT2D eigenvalue weighted by molar-refractivity contribution is 6.35. The Balaban J connectivity index is 1.61. The van der Waals surface area contributed by atoms with E-state index in [0.29, 0.717) is 28.6 Å². The van der Waals surface area contributed by atoms with Crippen molar-refractivity contribution in [2.45, 2.75) is 44.4 Å². The fourth-order valence-electron chi connectivity index (χ4n) is 4.36. The van der Waals surface area contributed by atoms with Crippen LogP contribution >= 0.6 is 11.6 Å². The van der Waals surface area contributed by atoms with Crippen molar-refractivity contribution in [2.75, 3.05) is 17.7 Å². The average Bonchev–Trinajstić information content (AvgIpc) is 3.22. The largest absolute Gasteiger partial charge is 0.421 e. The molecular weight excluding hydrogens is 479 g/mol. The molecule has 35 heavy (non-hydrogen) atoms. The van der Waals surface area contributed by atoms with Crippen LogP contribution in [0.25, 0.3) is 22.4 Å². The first kappa shape index (κ1) is 23.1.